The van der Waals surface area contributed by atoms with Crippen molar-refractivity contribution in [2.45, 2.75) is 63.8 Å². The molecule has 0 radical (unpaired) electrons. The number of benzene rings is 2. The molecule has 0 fully saturated rings. The molecule has 13 heteroatoms. The summed E-state index contributed by atoms with van der Waals surface area (Å²) in [6.07, 6.45) is -15.4. The van der Waals surface area contributed by atoms with Crippen LogP contribution >= 0.6 is 0 Å². The molecule has 3 aromatic rings. The first-order valence-corrected chi connectivity index (χ1v) is 11.3. The fourth-order valence-corrected chi connectivity index (χ4v) is 4.69. The zero-order valence-electron chi connectivity index (χ0n) is 20.1. The number of halogens is 9. The summed E-state index contributed by atoms with van der Waals surface area (Å²) in [6.45, 7) is 5.15. The van der Waals surface area contributed by atoms with Gasteiger partial charge in [-0.2, -0.15) is 39.5 Å². The van der Waals surface area contributed by atoms with Crippen molar-refractivity contribution in [3.8, 4) is 0 Å². The molecule has 0 saturated heterocycles. The fraction of sp³-hybridized carbons (Fsp3) is 0.400. The van der Waals surface area contributed by atoms with Crippen molar-refractivity contribution < 1.29 is 49.0 Å². The molecule has 206 valence electrons. The summed E-state index contributed by atoms with van der Waals surface area (Å²) in [4.78, 5) is 13.4. The Balaban J connectivity index is 1.91. The Morgan fingerprint density at radius 3 is 1.97 bits per heavy atom. The van der Waals surface area contributed by atoms with Gasteiger partial charge in [-0.15, -0.1) is 0 Å². The van der Waals surface area contributed by atoms with Crippen molar-refractivity contribution in [3.63, 3.8) is 0 Å². The molecule has 1 amide bonds. The maximum atomic E-state index is 13.5. The van der Waals surface area contributed by atoms with Gasteiger partial charge in [0, 0.05) is 17.5 Å². The molecule has 1 atom stereocenters. The Morgan fingerprint density at radius 1 is 0.921 bits per heavy atom. The lowest BCUT2D eigenvalue weighted by Gasteiger charge is -2.36. The molecule has 1 aromatic heterocycles. The second kappa shape index (κ2) is 8.92. The average molecular weight is 552 g/mol. The molecule has 2 aromatic carbocycles. The van der Waals surface area contributed by atoms with Gasteiger partial charge in [-0.05, 0) is 62.2 Å². The maximum absolute atomic E-state index is 13.5. The Hall–Kier alpha value is -3.22. The van der Waals surface area contributed by atoms with Crippen LogP contribution in [0, 0.1) is 0 Å². The number of anilines is 1. The van der Waals surface area contributed by atoms with Gasteiger partial charge in [0.25, 0.3) is 0 Å². The highest BCUT2D eigenvalue weighted by atomic mass is 19.4. The van der Waals surface area contributed by atoms with Crippen LogP contribution in [-0.2, 0) is 29.7 Å². The quantitative estimate of drug-likeness (QED) is 0.324. The molecule has 0 spiro atoms. The van der Waals surface area contributed by atoms with E-state index in [1.807, 2.05) is 0 Å². The minimum absolute atomic E-state index is 0.00303. The van der Waals surface area contributed by atoms with Crippen molar-refractivity contribution >= 4 is 22.6 Å². The summed E-state index contributed by atoms with van der Waals surface area (Å²) in [7, 11) is 0. The molecule has 1 N–H and O–H groups in total. The Labute approximate surface area is 210 Å². The fourth-order valence-electron chi connectivity index (χ4n) is 4.69. The summed E-state index contributed by atoms with van der Waals surface area (Å²) in [5.41, 5.74) is -5.28. The zero-order chi connectivity index (χ0) is 28.4. The van der Waals surface area contributed by atoms with Crippen molar-refractivity contribution in [1.29, 1.82) is 0 Å². The highest BCUT2D eigenvalue weighted by molar-refractivity contribution is 6.01. The van der Waals surface area contributed by atoms with Crippen LogP contribution in [0.15, 0.2) is 36.4 Å². The standard InChI is InChI=1S/C25H21F9N2O2/c1-4-19-20-17(11-22(2,3)38-19)16-10-12(23(26,27)28)5-6-18(16)36(20)21(37)35-15-8-13(24(29,30)31)7-14(9-15)25(32,33)34/h5-10,19H,4,11H2,1-3H3,(H,35,37)/t19-/m0/s1. The van der Waals surface area contributed by atoms with Crippen LogP contribution in [0.3, 0.4) is 0 Å². The van der Waals surface area contributed by atoms with E-state index < -0.39 is 58.6 Å². The number of nitrogens with zero attached hydrogens (tertiary/aromatic N) is 1. The third-order valence-corrected chi connectivity index (χ3v) is 6.22. The van der Waals surface area contributed by atoms with Gasteiger partial charge in [-0.3, -0.25) is 4.57 Å². The third kappa shape index (κ3) is 5.20. The summed E-state index contributed by atoms with van der Waals surface area (Å²) >= 11 is 0. The largest absolute Gasteiger partial charge is 0.416 e. The maximum Gasteiger partial charge on any atom is 0.416 e. The Bertz CT molecular complexity index is 1370. The highest BCUT2D eigenvalue weighted by Gasteiger charge is 2.40. The minimum Gasteiger partial charge on any atom is -0.366 e. The lowest BCUT2D eigenvalue weighted by molar-refractivity contribution is -0.143. The van der Waals surface area contributed by atoms with Gasteiger partial charge >= 0.3 is 24.6 Å². The normalized spacial score (nSPS) is 17.9. The van der Waals surface area contributed by atoms with Crippen molar-refractivity contribution in [3.05, 3.63) is 64.3 Å². The number of nitrogens with one attached hydrogen (secondary N) is 1. The highest BCUT2D eigenvalue weighted by Crippen LogP contribution is 2.44. The van der Waals surface area contributed by atoms with Gasteiger partial charge < -0.3 is 10.1 Å². The molecule has 0 saturated carbocycles. The van der Waals surface area contributed by atoms with E-state index in [-0.39, 0.29) is 35.5 Å². The molecular weight excluding hydrogens is 531 g/mol. The summed E-state index contributed by atoms with van der Waals surface area (Å²) in [5, 5.41) is 2.15. The molecule has 4 rings (SSSR count). The van der Waals surface area contributed by atoms with E-state index >= 15 is 0 Å². The minimum atomic E-state index is -5.14. The van der Waals surface area contributed by atoms with E-state index in [2.05, 4.69) is 5.32 Å². The van der Waals surface area contributed by atoms with Crippen LogP contribution < -0.4 is 5.32 Å². The van der Waals surface area contributed by atoms with E-state index in [9.17, 15) is 44.3 Å². The third-order valence-electron chi connectivity index (χ3n) is 6.22. The predicted octanol–water partition coefficient (Wildman–Crippen LogP) is 8.58. The second-order valence-electron chi connectivity index (χ2n) is 9.60. The topological polar surface area (TPSA) is 43.3 Å². The molecule has 0 bridgehead atoms. The van der Waals surface area contributed by atoms with Crippen LogP contribution in [-0.4, -0.2) is 16.2 Å². The van der Waals surface area contributed by atoms with E-state index in [4.69, 9.17) is 4.74 Å². The molecule has 2 heterocycles. The van der Waals surface area contributed by atoms with Gasteiger partial charge in [-0.1, -0.05) is 6.92 Å². The zero-order valence-corrected chi connectivity index (χ0v) is 20.1. The van der Waals surface area contributed by atoms with Gasteiger partial charge in [-0.25, -0.2) is 4.79 Å². The molecule has 38 heavy (non-hydrogen) atoms. The van der Waals surface area contributed by atoms with E-state index in [0.717, 1.165) is 22.8 Å². The van der Waals surface area contributed by atoms with Gasteiger partial charge in [0.1, 0.15) is 0 Å². The summed E-state index contributed by atoms with van der Waals surface area (Å²) in [5.74, 6) is 0. The molecule has 1 aliphatic rings. The van der Waals surface area contributed by atoms with Crippen molar-refractivity contribution in [1.82, 2.24) is 4.57 Å². The van der Waals surface area contributed by atoms with Crippen LogP contribution in [0.25, 0.3) is 10.9 Å². The van der Waals surface area contributed by atoms with E-state index in [1.54, 1.807) is 20.8 Å². The molecule has 4 nitrogen and oxygen atoms in total. The van der Waals surface area contributed by atoms with E-state index in [0.29, 0.717) is 17.7 Å². The molecule has 0 aliphatic carbocycles. The number of alkyl halides is 9. The van der Waals surface area contributed by atoms with Gasteiger partial charge in [0.2, 0.25) is 0 Å². The number of aromatic nitrogens is 1. The Morgan fingerprint density at radius 2 is 1.47 bits per heavy atom. The first-order valence-electron chi connectivity index (χ1n) is 11.3. The van der Waals surface area contributed by atoms with Gasteiger partial charge in [0.15, 0.2) is 0 Å². The summed E-state index contributed by atoms with van der Waals surface area (Å²) < 4.78 is 127. The van der Waals surface area contributed by atoms with Gasteiger partial charge in [0.05, 0.1) is 39.6 Å². The first kappa shape index (κ1) is 27.8. The average Bonchev–Trinajstić information content (AvgIpc) is 3.09. The predicted molar refractivity (Wildman–Crippen MR) is 120 cm³/mol. The molecular formula is C25H21F9N2O2. The van der Waals surface area contributed by atoms with Crippen LogP contribution in [0.1, 0.15) is 61.2 Å². The first-order chi connectivity index (χ1) is 17.3. The number of hydrogen-bond donors (Lipinski definition) is 1. The van der Waals surface area contributed by atoms with Crippen molar-refractivity contribution in [2.75, 3.05) is 5.32 Å². The number of rotatable bonds is 2. The second-order valence-corrected chi connectivity index (χ2v) is 9.60. The number of fused-ring (bicyclic) bond motifs is 3. The van der Waals surface area contributed by atoms with E-state index in [1.165, 1.54) is 0 Å². The van der Waals surface area contributed by atoms with Crippen LogP contribution in [0.5, 0.6) is 0 Å². The smallest absolute Gasteiger partial charge is 0.366 e. The number of carbonyl (C=O) groups excluding carboxylic acids is 1. The van der Waals surface area contributed by atoms with Crippen LogP contribution in [0.2, 0.25) is 0 Å². The molecule has 1 aliphatic heterocycles. The SMILES string of the molecule is CC[C@@H]1OC(C)(C)Cc2c1n(C(=O)Nc1cc(C(F)(F)F)cc(C(F)(F)F)c1)c1ccc(C(F)(F)F)cc21. The monoisotopic (exact) mass is 552 g/mol. The lowest BCUT2D eigenvalue weighted by Crippen LogP contribution is -2.36. The van der Waals surface area contributed by atoms with Crippen molar-refractivity contribution in [2.24, 2.45) is 0 Å². The lowest BCUT2D eigenvalue weighted by atomic mass is 9.90. The number of carbonyl (C=O) groups is 1. The summed E-state index contributed by atoms with van der Waals surface area (Å²) in [6, 6.07) is 2.14. The number of hydrogen-bond acceptors (Lipinski definition) is 2. The van der Waals surface area contributed by atoms with Crippen LogP contribution in [0.4, 0.5) is 50.0 Å². The number of ether oxygens (including phenoxy) is 1. The molecule has 0 unspecified atom stereocenters. The Kier molecular flexibility index (Phi) is 6.53. The number of amides is 1.